The molecule has 3 N–H and O–H groups in total. The summed E-state index contributed by atoms with van der Waals surface area (Å²) in [5, 5.41) is 7.91. The van der Waals surface area contributed by atoms with Gasteiger partial charge in [-0.2, -0.15) is 0 Å². The Morgan fingerprint density at radius 1 is 1.60 bits per heavy atom. The lowest BCUT2D eigenvalue weighted by Crippen LogP contribution is -2.32. The van der Waals surface area contributed by atoms with Gasteiger partial charge in [0.25, 0.3) is 5.91 Å². The molecular formula is C12H18N2O4S2. The highest BCUT2D eigenvalue weighted by atomic mass is 32.2. The highest BCUT2D eigenvalue weighted by molar-refractivity contribution is 7.89. The van der Waals surface area contributed by atoms with E-state index < -0.39 is 10.0 Å². The van der Waals surface area contributed by atoms with Crippen LogP contribution >= 0.6 is 11.3 Å². The highest BCUT2D eigenvalue weighted by Gasteiger charge is 2.20. The van der Waals surface area contributed by atoms with Gasteiger partial charge < -0.3 is 10.1 Å². The number of primary sulfonamides is 1. The largest absolute Gasteiger partial charge is 0.381 e. The quantitative estimate of drug-likeness (QED) is 0.860. The summed E-state index contributed by atoms with van der Waals surface area (Å²) in [6.45, 7) is 3.62. The fourth-order valence-corrected chi connectivity index (χ4v) is 4.21. The highest BCUT2D eigenvalue weighted by Crippen LogP contribution is 2.24. The summed E-state index contributed by atoms with van der Waals surface area (Å²) in [4.78, 5) is 12.9. The third-order valence-corrected chi connectivity index (χ3v) is 5.42. The number of ether oxygens (including phenoxy) is 1. The second-order valence-corrected chi connectivity index (χ2v) is 7.66. The van der Waals surface area contributed by atoms with Gasteiger partial charge in [0.2, 0.25) is 10.0 Å². The number of sulfonamides is 1. The van der Waals surface area contributed by atoms with Crippen LogP contribution in [-0.2, 0) is 14.8 Å². The van der Waals surface area contributed by atoms with Gasteiger partial charge in [0.05, 0.1) is 16.4 Å². The zero-order valence-electron chi connectivity index (χ0n) is 11.2. The number of nitrogens with one attached hydrogen (secondary N) is 1. The normalized spacial score (nSPS) is 19.8. The lowest BCUT2D eigenvalue weighted by atomic mass is 10.0. The van der Waals surface area contributed by atoms with Gasteiger partial charge in [-0.1, -0.05) is 0 Å². The summed E-state index contributed by atoms with van der Waals surface area (Å²) in [5.74, 6) is 0.0602. The van der Waals surface area contributed by atoms with E-state index in [1.54, 1.807) is 6.92 Å². The van der Waals surface area contributed by atoms with E-state index in [0.717, 1.165) is 30.8 Å². The average Bonchev–Trinajstić information content (AvgIpc) is 2.79. The number of hydrogen-bond donors (Lipinski definition) is 2. The third-order valence-electron chi connectivity index (χ3n) is 3.21. The molecule has 0 aliphatic carbocycles. The molecule has 2 rings (SSSR count). The Kier molecular flexibility index (Phi) is 4.79. The van der Waals surface area contributed by atoms with Crippen molar-refractivity contribution in [2.75, 3.05) is 19.8 Å². The molecule has 0 aromatic carbocycles. The van der Waals surface area contributed by atoms with Gasteiger partial charge >= 0.3 is 0 Å². The number of carbonyl (C=O) groups excluding carboxylic acids is 1. The van der Waals surface area contributed by atoms with Crippen molar-refractivity contribution in [3.63, 3.8) is 0 Å². The molecule has 20 heavy (non-hydrogen) atoms. The molecule has 0 saturated carbocycles. The molecule has 0 radical (unpaired) electrons. The summed E-state index contributed by atoms with van der Waals surface area (Å²) in [6.07, 6.45) is 2.04. The van der Waals surface area contributed by atoms with Gasteiger partial charge in [-0.05, 0) is 31.7 Å². The summed E-state index contributed by atoms with van der Waals surface area (Å²) in [6, 6.07) is 1.34. The molecule has 0 bridgehead atoms. The fraction of sp³-hybridized carbons (Fsp3) is 0.583. The van der Waals surface area contributed by atoms with Gasteiger partial charge in [-0.25, -0.2) is 13.6 Å². The van der Waals surface area contributed by atoms with Crippen LogP contribution in [0.25, 0.3) is 0 Å². The van der Waals surface area contributed by atoms with E-state index in [0.29, 0.717) is 28.8 Å². The number of amides is 1. The predicted molar refractivity (Wildman–Crippen MR) is 76.3 cm³/mol. The smallest absolute Gasteiger partial charge is 0.261 e. The van der Waals surface area contributed by atoms with E-state index in [2.05, 4.69) is 5.32 Å². The fourth-order valence-electron chi connectivity index (χ4n) is 2.15. The van der Waals surface area contributed by atoms with Crippen LogP contribution in [0.4, 0.5) is 0 Å². The summed E-state index contributed by atoms with van der Waals surface area (Å²) in [7, 11) is -3.77. The Morgan fingerprint density at radius 2 is 2.35 bits per heavy atom. The van der Waals surface area contributed by atoms with Crippen LogP contribution in [-0.4, -0.2) is 34.1 Å². The maximum absolute atomic E-state index is 12.0. The standard InChI is InChI=1S/C12H18N2O4S2/c1-8-11(20(13,16)17)5-10(19-8)12(15)14-6-9-3-2-4-18-7-9/h5,9H,2-4,6-7H2,1H3,(H,14,15)(H2,13,16,17). The van der Waals surface area contributed by atoms with E-state index >= 15 is 0 Å². The molecule has 1 aliphatic heterocycles. The Labute approximate surface area is 122 Å². The number of nitrogens with two attached hydrogens (primary N) is 1. The Morgan fingerprint density at radius 3 is 2.90 bits per heavy atom. The maximum atomic E-state index is 12.0. The third kappa shape index (κ3) is 3.78. The summed E-state index contributed by atoms with van der Waals surface area (Å²) < 4.78 is 28.0. The van der Waals surface area contributed by atoms with Crippen LogP contribution in [0.3, 0.4) is 0 Å². The van der Waals surface area contributed by atoms with E-state index in [1.165, 1.54) is 6.07 Å². The topological polar surface area (TPSA) is 98.5 Å². The first-order chi connectivity index (χ1) is 9.38. The molecular weight excluding hydrogens is 300 g/mol. The van der Waals surface area contributed by atoms with Crippen molar-refractivity contribution >= 4 is 27.3 Å². The second kappa shape index (κ2) is 6.21. The van der Waals surface area contributed by atoms with Crippen LogP contribution in [0.5, 0.6) is 0 Å². The number of rotatable bonds is 4. The van der Waals surface area contributed by atoms with Crippen LogP contribution < -0.4 is 10.5 Å². The second-order valence-electron chi connectivity index (χ2n) is 4.87. The number of carbonyl (C=O) groups is 1. The van der Waals surface area contributed by atoms with Crippen molar-refractivity contribution < 1.29 is 17.9 Å². The van der Waals surface area contributed by atoms with Crippen molar-refractivity contribution in [2.45, 2.75) is 24.7 Å². The zero-order valence-corrected chi connectivity index (χ0v) is 12.9. The monoisotopic (exact) mass is 318 g/mol. The summed E-state index contributed by atoms with van der Waals surface area (Å²) >= 11 is 1.13. The van der Waals surface area contributed by atoms with Gasteiger partial charge in [-0.15, -0.1) is 11.3 Å². The van der Waals surface area contributed by atoms with Gasteiger partial charge in [-0.3, -0.25) is 4.79 Å². The van der Waals surface area contributed by atoms with E-state index in [1.807, 2.05) is 0 Å². The predicted octanol–water partition coefficient (Wildman–Crippen LogP) is 0.860. The minimum Gasteiger partial charge on any atom is -0.381 e. The molecule has 1 aromatic heterocycles. The van der Waals surface area contributed by atoms with Crippen molar-refractivity contribution in [2.24, 2.45) is 11.1 Å². The van der Waals surface area contributed by atoms with Crippen molar-refractivity contribution in [1.82, 2.24) is 5.32 Å². The van der Waals surface area contributed by atoms with Crippen LogP contribution in [0, 0.1) is 12.8 Å². The number of aryl methyl sites for hydroxylation is 1. The molecule has 8 heteroatoms. The average molecular weight is 318 g/mol. The minimum absolute atomic E-state index is 0.0219. The van der Waals surface area contributed by atoms with Gasteiger partial charge in [0.15, 0.2) is 0 Å². The van der Waals surface area contributed by atoms with Crippen molar-refractivity contribution in [3.05, 3.63) is 15.8 Å². The van der Waals surface area contributed by atoms with Crippen LogP contribution in [0.1, 0.15) is 27.4 Å². The molecule has 1 unspecified atom stereocenters. The first-order valence-corrected chi connectivity index (χ1v) is 8.73. The van der Waals surface area contributed by atoms with Gasteiger partial charge in [0, 0.05) is 18.0 Å². The van der Waals surface area contributed by atoms with Crippen LogP contribution in [0.15, 0.2) is 11.0 Å². The molecule has 112 valence electrons. The van der Waals surface area contributed by atoms with Crippen molar-refractivity contribution in [1.29, 1.82) is 0 Å². The molecule has 0 spiro atoms. The maximum Gasteiger partial charge on any atom is 0.261 e. The summed E-state index contributed by atoms with van der Waals surface area (Å²) in [5.41, 5.74) is 0. The Hall–Kier alpha value is -0.960. The molecule has 1 aromatic rings. The first kappa shape index (κ1) is 15.4. The minimum atomic E-state index is -3.77. The Balaban J connectivity index is 1.99. The molecule has 1 fully saturated rings. The lowest BCUT2D eigenvalue weighted by Gasteiger charge is -2.21. The zero-order chi connectivity index (χ0) is 14.8. The van der Waals surface area contributed by atoms with E-state index in [9.17, 15) is 13.2 Å². The molecule has 1 amide bonds. The molecule has 1 saturated heterocycles. The number of thiophene rings is 1. The van der Waals surface area contributed by atoms with Crippen molar-refractivity contribution in [3.8, 4) is 0 Å². The van der Waals surface area contributed by atoms with Crippen LogP contribution in [0.2, 0.25) is 0 Å². The van der Waals surface area contributed by atoms with E-state index in [4.69, 9.17) is 9.88 Å². The molecule has 6 nitrogen and oxygen atoms in total. The molecule has 1 atom stereocenters. The number of hydrogen-bond acceptors (Lipinski definition) is 5. The molecule has 2 heterocycles. The lowest BCUT2D eigenvalue weighted by molar-refractivity contribution is 0.0536. The SMILES string of the molecule is Cc1sc(C(=O)NCC2CCCOC2)cc1S(N)(=O)=O. The Bertz CT molecular complexity index is 589. The first-order valence-electron chi connectivity index (χ1n) is 6.37. The van der Waals surface area contributed by atoms with E-state index in [-0.39, 0.29) is 10.8 Å². The van der Waals surface area contributed by atoms with Gasteiger partial charge in [0.1, 0.15) is 0 Å². The molecule has 1 aliphatic rings.